The van der Waals surface area contributed by atoms with Crippen molar-refractivity contribution in [1.29, 1.82) is 0 Å². The molecule has 0 bridgehead atoms. The molecule has 17 heavy (non-hydrogen) atoms. The molecule has 2 rings (SSSR count). The lowest BCUT2D eigenvalue weighted by Gasteiger charge is -2.37. The van der Waals surface area contributed by atoms with Gasteiger partial charge in [0, 0.05) is 5.92 Å². The molecule has 0 spiro atoms. The summed E-state index contributed by atoms with van der Waals surface area (Å²) in [5, 5.41) is 10.6. The van der Waals surface area contributed by atoms with Crippen molar-refractivity contribution in [3.63, 3.8) is 0 Å². The summed E-state index contributed by atoms with van der Waals surface area (Å²) >= 11 is 0. The van der Waals surface area contributed by atoms with Crippen LogP contribution in [0, 0.1) is 5.92 Å². The van der Waals surface area contributed by atoms with Crippen LogP contribution in [0.3, 0.4) is 0 Å². The summed E-state index contributed by atoms with van der Waals surface area (Å²) in [5.41, 5.74) is -1.99. The minimum Gasteiger partial charge on any atom is -0.469 e. The molecule has 2 fully saturated rings. The van der Waals surface area contributed by atoms with E-state index in [0.717, 1.165) is 0 Å². The summed E-state index contributed by atoms with van der Waals surface area (Å²) in [6.45, 7) is 3.30. The molecule has 96 valence electrons. The van der Waals surface area contributed by atoms with Gasteiger partial charge >= 0.3 is 5.97 Å². The van der Waals surface area contributed by atoms with Gasteiger partial charge < -0.3 is 14.6 Å². The van der Waals surface area contributed by atoms with Gasteiger partial charge in [0.05, 0.1) is 19.6 Å². The zero-order chi connectivity index (χ0) is 12.8. The van der Waals surface area contributed by atoms with Gasteiger partial charge in [-0.15, -0.1) is 0 Å². The predicted octanol–water partition coefficient (Wildman–Crippen LogP) is 0.437. The van der Waals surface area contributed by atoms with Crippen LogP contribution in [0.4, 0.5) is 0 Å². The standard InChI is InChI=1S/C12H18O5/c1-7(13)8-4-9-11(2,17-9)12(15,5-8)6-10(14)16-3/h8-9,15H,4-6H2,1-3H3/t8-,9?,11?,12+/m0/s1. The Bertz CT molecular complexity index is 366. The number of ether oxygens (including phenoxy) is 2. The molecule has 0 aromatic heterocycles. The zero-order valence-corrected chi connectivity index (χ0v) is 10.4. The van der Waals surface area contributed by atoms with Crippen LogP contribution in [0.2, 0.25) is 0 Å². The number of aliphatic hydroxyl groups is 1. The van der Waals surface area contributed by atoms with E-state index in [0.29, 0.717) is 6.42 Å². The molecule has 1 saturated carbocycles. The van der Waals surface area contributed by atoms with Crippen molar-refractivity contribution in [2.75, 3.05) is 7.11 Å². The van der Waals surface area contributed by atoms with E-state index in [4.69, 9.17) is 4.74 Å². The van der Waals surface area contributed by atoms with Crippen molar-refractivity contribution in [2.24, 2.45) is 5.92 Å². The maximum atomic E-state index is 11.4. The predicted molar refractivity (Wildman–Crippen MR) is 58.3 cm³/mol. The van der Waals surface area contributed by atoms with Crippen molar-refractivity contribution in [2.45, 2.75) is 50.4 Å². The van der Waals surface area contributed by atoms with Crippen molar-refractivity contribution < 1.29 is 24.2 Å². The lowest BCUT2D eigenvalue weighted by molar-refractivity contribution is -0.152. The van der Waals surface area contributed by atoms with E-state index in [2.05, 4.69) is 4.74 Å². The molecule has 5 heteroatoms. The van der Waals surface area contributed by atoms with E-state index in [1.54, 1.807) is 6.92 Å². The molecule has 1 aliphatic heterocycles. The number of epoxide rings is 1. The van der Waals surface area contributed by atoms with Gasteiger partial charge in [0.15, 0.2) is 0 Å². The first kappa shape index (κ1) is 12.5. The van der Waals surface area contributed by atoms with Crippen molar-refractivity contribution in [3.05, 3.63) is 0 Å². The monoisotopic (exact) mass is 242 g/mol. The molecular formula is C12H18O5. The molecule has 5 nitrogen and oxygen atoms in total. The summed E-state index contributed by atoms with van der Waals surface area (Å²) in [4.78, 5) is 22.8. The van der Waals surface area contributed by atoms with Crippen LogP contribution in [-0.4, -0.2) is 41.3 Å². The van der Waals surface area contributed by atoms with E-state index in [-0.39, 0.29) is 30.6 Å². The molecule has 1 N–H and O–H groups in total. The number of rotatable bonds is 3. The highest BCUT2D eigenvalue weighted by Gasteiger charge is 2.69. The molecule has 0 amide bonds. The first-order chi connectivity index (χ1) is 7.82. The highest BCUT2D eigenvalue weighted by molar-refractivity contribution is 5.79. The average molecular weight is 242 g/mol. The van der Waals surface area contributed by atoms with Gasteiger partial charge in [0.1, 0.15) is 17.0 Å². The van der Waals surface area contributed by atoms with E-state index in [1.165, 1.54) is 14.0 Å². The van der Waals surface area contributed by atoms with Gasteiger partial charge in [-0.3, -0.25) is 9.59 Å². The Morgan fingerprint density at radius 1 is 1.53 bits per heavy atom. The number of ketones is 1. The Morgan fingerprint density at radius 2 is 2.18 bits per heavy atom. The molecule has 0 aromatic carbocycles. The number of hydrogen-bond donors (Lipinski definition) is 1. The van der Waals surface area contributed by atoms with Crippen LogP contribution in [0.1, 0.15) is 33.1 Å². The number of fused-ring (bicyclic) bond motifs is 1. The Kier molecular flexibility index (Phi) is 2.78. The van der Waals surface area contributed by atoms with Crippen molar-refractivity contribution in [3.8, 4) is 0 Å². The van der Waals surface area contributed by atoms with Gasteiger partial charge in [-0.2, -0.15) is 0 Å². The second-order valence-corrected chi connectivity index (χ2v) is 5.25. The maximum Gasteiger partial charge on any atom is 0.308 e. The zero-order valence-electron chi connectivity index (χ0n) is 10.4. The number of Topliss-reactive ketones (excluding diaryl/α,β-unsaturated/α-hetero) is 1. The molecule has 2 aliphatic rings. The van der Waals surface area contributed by atoms with Crippen LogP contribution in [0.25, 0.3) is 0 Å². The summed E-state index contributed by atoms with van der Waals surface area (Å²) in [5.74, 6) is -0.678. The van der Waals surface area contributed by atoms with Crippen LogP contribution in [-0.2, 0) is 19.1 Å². The molecule has 2 unspecified atom stereocenters. The number of carbonyl (C=O) groups is 2. The summed E-state index contributed by atoms with van der Waals surface area (Å²) in [6, 6.07) is 0. The molecule has 1 saturated heterocycles. The third kappa shape index (κ3) is 1.87. The highest BCUT2D eigenvalue weighted by Crippen LogP contribution is 2.56. The molecule has 0 aromatic rings. The fourth-order valence-electron chi connectivity index (χ4n) is 2.76. The third-order valence-electron chi connectivity index (χ3n) is 4.19. The second kappa shape index (κ2) is 3.78. The average Bonchev–Trinajstić information content (AvgIpc) is 2.90. The van der Waals surface area contributed by atoms with Gasteiger partial charge in [-0.25, -0.2) is 0 Å². The van der Waals surface area contributed by atoms with E-state index >= 15 is 0 Å². The molecule has 0 radical (unpaired) electrons. The lowest BCUT2D eigenvalue weighted by atomic mass is 9.69. The van der Waals surface area contributed by atoms with Crippen LogP contribution in [0.15, 0.2) is 0 Å². The summed E-state index contributed by atoms with van der Waals surface area (Å²) in [7, 11) is 1.28. The molecule has 1 aliphatic carbocycles. The SMILES string of the molecule is COC(=O)C[C@]1(O)C[C@@H](C(C)=O)CC2OC21C. The summed E-state index contributed by atoms with van der Waals surface area (Å²) in [6.07, 6.45) is 0.653. The van der Waals surface area contributed by atoms with Crippen molar-refractivity contribution >= 4 is 11.8 Å². The first-order valence-electron chi connectivity index (χ1n) is 5.80. The maximum absolute atomic E-state index is 11.4. The first-order valence-corrected chi connectivity index (χ1v) is 5.80. The van der Waals surface area contributed by atoms with Crippen molar-refractivity contribution in [1.82, 2.24) is 0 Å². The number of methoxy groups -OCH3 is 1. The smallest absolute Gasteiger partial charge is 0.308 e. The fourth-order valence-corrected chi connectivity index (χ4v) is 2.76. The fraction of sp³-hybridized carbons (Fsp3) is 0.833. The van der Waals surface area contributed by atoms with Gasteiger partial charge in [-0.05, 0) is 26.7 Å². The lowest BCUT2D eigenvalue weighted by Crippen LogP contribution is -2.52. The molecular weight excluding hydrogens is 224 g/mol. The molecule has 1 heterocycles. The van der Waals surface area contributed by atoms with Crippen LogP contribution in [0.5, 0.6) is 0 Å². The van der Waals surface area contributed by atoms with E-state index < -0.39 is 17.2 Å². The highest BCUT2D eigenvalue weighted by atomic mass is 16.6. The number of carbonyl (C=O) groups excluding carboxylic acids is 2. The Balaban J connectivity index is 2.18. The quantitative estimate of drug-likeness (QED) is 0.574. The van der Waals surface area contributed by atoms with Gasteiger partial charge in [-0.1, -0.05) is 0 Å². The topological polar surface area (TPSA) is 76.1 Å². The van der Waals surface area contributed by atoms with Crippen LogP contribution < -0.4 is 0 Å². The largest absolute Gasteiger partial charge is 0.469 e. The van der Waals surface area contributed by atoms with Crippen LogP contribution >= 0.6 is 0 Å². The van der Waals surface area contributed by atoms with E-state index in [1.807, 2.05) is 0 Å². The Hall–Kier alpha value is -0.940. The van der Waals surface area contributed by atoms with Gasteiger partial charge in [0.2, 0.25) is 0 Å². The van der Waals surface area contributed by atoms with Gasteiger partial charge in [0.25, 0.3) is 0 Å². The Labute approximate surface area is 100 Å². The Morgan fingerprint density at radius 3 is 2.71 bits per heavy atom. The number of hydrogen-bond acceptors (Lipinski definition) is 5. The second-order valence-electron chi connectivity index (χ2n) is 5.25. The number of esters is 1. The third-order valence-corrected chi connectivity index (χ3v) is 4.19. The summed E-state index contributed by atoms with van der Waals surface area (Å²) < 4.78 is 10.1. The normalized spacial score (nSPS) is 43.8. The molecule has 4 atom stereocenters. The minimum absolute atomic E-state index is 0.0332. The van der Waals surface area contributed by atoms with E-state index in [9.17, 15) is 14.7 Å². The minimum atomic E-state index is -1.29.